The molecular weight excluding hydrogens is 286 g/mol. The highest BCUT2D eigenvalue weighted by Gasteiger charge is 2.26. The zero-order chi connectivity index (χ0) is 16.8. The van der Waals surface area contributed by atoms with Crippen LogP contribution in [0.1, 0.15) is 49.0 Å². The van der Waals surface area contributed by atoms with Crippen molar-refractivity contribution in [2.45, 2.75) is 39.2 Å². The number of nitrogens with zero attached hydrogens (tertiary/aromatic N) is 3. The van der Waals surface area contributed by atoms with E-state index >= 15 is 0 Å². The van der Waals surface area contributed by atoms with Crippen LogP contribution in [0.4, 0.5) is 0 Å². The van der Waals surface area contributed by atoms with Gasteiger partial charge in [0.1, 0.15) is 0 Å². The molecule has 0 saturated carbocycles. The van der Waals surface area contributed by atoms with Crippen molar-refractivity contribution in [3.05, 3.63) is 35.4 Å². The minimum atomic E-state index is -0.00203. The standard InChI is InChI=1S/C19H27N3O/c1-15(2)18(14-22-10-5-4-6-11-22)21(3)19(23)17-9-7-8-16(12-17)13-20/h7-9,12,15,18H,4-6,10-11,14H2,1-3H3/t18-/m1/s1. The molecule has 1 fully saturated rings. The molecule has 0 N–H and O–H groups in total. The van der Waals surface area contributed by atoms with Crippen molar-refractivity contribution in [2.24, 2.45) is 5.92 Å². The number of likely N-dealkylation sites (N-methyl/N-ethyl adjacent to an activating group) is 1. The van der Waals surface area contributed by atoms with E-state index in [4.69, 9.17) is 5.26 Å². The highest BCUT2D eigenvalue weighted by Crippen LogP contribution is 2.18. The molecule has 0 aromatic heterocycles. The van der Waals surface area contributed by atoms with Gasteiger partial charge in [0.05, 0.1) is 11.6 Å². The summed E-state index contributed by atoms with van der Waals surface area (Å²) in [5.41, 5.74) is 1.12. The van der Waals surface area contributed by atoms with Gasteiger partial charge in [0.15, 0.2) is 0 Å². The van der Waals surface area contributed by atoms with Crippen molar-refractivity contribution in [1.29, 1.82) is 5.26 Å². The summed E-state index contributed by atoms with van der Waals surface area (Å²) < 4.78 is 0. The van der Waals surface area contributed by atoms with E-state index in [0.717, 1.165) is 19.6 Å². The first-order valence-corrected chi connectivity index (χ1v) is 8.52. The number of hydrogen-bond acceptors (Lipinski definition) is 3. The van der Waals surface area contributed by atoms with E-state index in [1.54, 1.807) is 24.3 Å². The minimum Gasteiger partial charge on any atom is -0.337 e. The number of benzene rings is 1. The van der Waals surface area contributed by atoms with Gasteiger partial charge in [-0.15, -0.1) is 0 Å². The monoisotopic (exact) mass is 313 g/mol. The van der Waals surface area contributed by atoms with Crippen LogP contribution in [0.25, 0.3) is 0 Å². The summed E-state index contributed by atoms with van der Waals surface area (Å²) in [6.07, 6.45) is 3.83. The summed E-state index contributed by atoms with van der Waals surface area (Å²) in [5, 5.41) is 9.01. The van der Waals surface area contributed by atoms with Gasteiger partial charge >= 0.3 is 0 Å². The average Bonchev–Trinajstić information content (AvgIpc) is 2.59. The van der Waals surface area contributed by atoms with Crippen LogP contribution in [0.3, 0.4) is 0 Å². The van der Waals surface area contributed by atoms with Gasteiger partial charge in [0, 0.05) is 25.2 Å². The van der Waals surface area contributed by atoms with Gasteiger partial charge in [0.2, 0.25) is 0 Å². The number of hydrogen-bond donors (Lipinski definition) is 0. The van der Waals surface area contributed by atoms with Gasteiger partial charge in [-0.2, -0.15) is 5.26 Å². The summed E-state index contributed by atoms with van der Waals surface area (Å²) in [7, 11) is 1.88. The first-order chi connectivity index (χ1) is 11.0. The number of nitriles is 1. The molecule has 0 aliphatic carbocycles. The van der Waals surface area contributed by atoms with Crippen molar-refractivity contribution in [3.63, 3.8) is 0 Å². The molecule has 1 aliphatic heterocycles. The molecule has 4 heteroatoms. The molecule has 1 aliphatic rings. The Morgan fingerprint density at radius 1 is 1.30 bits per heavy atom. The molecule has 4 nitrogen and oxygen atoms in total. The quantitative estimate of drug-likeness (QED) is 0.839. The van der Waals surface area contributed by atoms with Crippen LogP contribution in [0.15, 0.2) is 24.3 Å². The fraction of sp³-hybridized carbons (Fsp3) is 0.579. The van der Waals surface area contributed by atoms with Gasteiger partial charge in [-0.3, -0.25) is 4.79 Å². The van der Waals surface area contributed by atoms with Crippen molar-refractivity contribution < 1.29 is 4.79 Å². The van der Waals surface area contributed by atoms with Crippen LogP contribution in [-0.4, -0.2) is 48.4 Å². The number of piperidine rings is 1. The summed E-state index contributed by atoms with van der Waals surface area (Å²) in [4.78, 5) is 17.1. The number of carbonyl (C=O) groups is 1. The second-order valence-corrected chi connectivity index (χ2v) is 6.78. The highest BCUT2D eigenvalue weighted by atomic mass is 16.2. The molecular formula is C19H27N3O. The summed E-state index contributed by atoms with van der Waals surface area (Å²) in [6, 6.07) is 9.25. The number of likely N-dealkylation sites (tertiary alicyclic amines) is 1. The van der Waals surface area contributed by atoms with Crippen LogP contribution in [0.5, 0.6) is 0 Å². The molecule has 2 rings (SSSR count). The Balaban J connectivity index is 2.11. The fourth-order valence-corrected chi connectivity index (χ4v) is 3.26. The summed E-state index contributed by atoms with van der Waals surface area (Å²) >= 11 is 0. The van der Waals surface area contributed by atoms with Crippen molar-refractivity contribution in [3.8, 4) is 6.07 Å². The first-order valence-electron chi connectivity index (χ1n) is 8.52. The Labute approximate surface area is 139 Å². The topological polar surface area (TPSA) is 47.3 Å². The van der Waals surface area contributed by atoms with E-state index in [-0.39, 0.29) is 11.9 Å². The van der Waals surface area contributed by atoms with Gasteiger partial charge in [-0.1, -0.05) is 26.3 Å². The lowest BCUT2D eigenvalue weighted by atomic mass is 9.99. The Morgan fingerprint density at radius 2 is 2.00 bits per heavy atom. The third kappa shape index (κ3) is 4.56. The van der Waals surface area contributed by atoms with E-state index in [1.807, 2.05) is 11.9 Å². The molecule has 1 amide bonds. The first kappa shape index (κ1) is 17.5. The second kappa shape index (κ2) is 8.12. The van der Waals surface area contributed by atoms with Crippen LogP contribution in [-0.2, 0) is 0 Å². The third-order valence-corrected chi connectivity index (χ3v) is 4.72. The Bertz CT molecular complexity index is 570. The van der Waals surface area contributed by atoms with Gasteiger partial charge in [-0.25, -0.2) is 0 Å². The second-order valence-electron chi connectivity index (χ2n) is 6.78. The molecule has 1 saturated heterocycles. The molecule has 0 radical (unpaired) electrons. The zero-order valence-electron chi connectivity index (χ0n) is 14.5. The molecule has 0 spiro atoms. The summed E-state index contributed by atoms with van der Waals surface area (Å²) in [5.74, 6) is 0.392. The van der Waals surface area contributed by atoms with E-state index in [1.165, 1.54) is 19.3 Å². The lowest BCUT2D eigenvalue weighted by Gasteiger charge is -2.37. The maximum atomic E-state index is 12.8. The molecule has 1 atom stereocenters. The largest absolute Gasteiger partial charge is 0.337 e. The fourth-order valence-electron chi connectivity index (χ4n) is 3.26. The number of amides is 1. The Kier molecular flexibility index (Phi) is 6.18. The van der Waals surface area contributed by atoms with Crippen molar-refractivity contribution >= 4 is 5.91 Å². The Hall–Kier alpha value is -1.86. The third-order valence-electron chi connectivity index (χ3n) is 4.72. The normalized spacial score (nSPS) is 16.8. The lowest BCUT2D eigenvalue weighted by molar-refractivity contribution is 0.0611. The predicted octanol–water partition coefficient (Wildman–Crippen LogP) is 3.14. The smallest absolute Gasteiger partial charge is 0.253 e. The zero-order valence-corrected chi connectivity index (χ0v) is 14.5. The maximum absolute atomic E-state index is 12.8. The molecule has 1 aromatic rings. The van der Waals surface area contributed by atoms with Gasteiger partial charge in [0.25, 0.3) is 5.91 Å². The number of rotatable bonds is 5. The molecule has 1 aromatic carbocycles. The average molecular weight is 313 g/mol. The van der Waals surface area contributed by atoms with Crippen LogP contribution < -0.4 is 0 Å². The van der Waals surface area contributed by atoms with Crippen LogP contribution in [0.2, 0.25) is 0 Å². The van der Waals surface area contributed by atoms with Crippen LogP contribution in [0, 0.1) is 17.2 Å². The Morgan fingerprint density at radius 3 is 2.61 bits per heavy atom. The van der Waals surface area contributed by atoms with E-state index < -0.39 is 0 Å². The summed E-state index contributed by atoms with van der Waals surface area (Å²) in [6.45, 7) is 7.54. The van der Waals surface area contributed by atoms with Gasteiger partial charge < -0.3 is 9.80 Å². The van der Waals surface area contributed by atoms with E-state index in [9.17, 15) is 4.79 Å². The SMILES string of the molecule is CC(C)[C@@H](CN1CCCCC1)N(C)C(=O)c1cccc(C#N)c1. The molecule has 0 bridgehead atoms. The molecule has 23 heavy (non-hydrogen) atoms. The van der Waals surface area contributed by atoms with Gasteiger partial charge in [-0.05, 0) is 50.0 Å². The van der Waals surface area contributed by atoms with E-state index in [2.05, 4.69) is 24.8 Å². The lowest BCUT2D eigenvalue weighted by Crippen LogP contribution is -2.48. The van der Waals surface area contributed by atoms with Crippen LogP contribution >= 0.6 is 0 Å². The highest BCUT2D eigenvalue weighted by molar-refractivity contribution is 5.94. The predicted molar refractivity (Wildman–Crippen MR) is 92.2 cm³/mol. The van der Waals surface area contributed by atoms with E-state index in [0.29, 0.717) is 17.0 Å². The number of carbonyl (C=O) groups excluding carboxylic acids is 1. The molecule has 1 heterocycles. The van der Waals surface area contributed by atoms with Crippen molar-refractivity contribution in [2.75, 3.05) is 26.7 Å². The molecule has 0 unspecified atom stereocenters. The minimum absolute atomic E-state index is 0.00203. The van der Waals surface area contributed by atoms with Crippen molar-refractivity contribution in [1.82, 2.24) is 9.80 Å². The molecule has 124 valence electrons. The maximum Gasteiger partial charge on any atom is 0.253 e.